The van der Waals surface area contributed by atoms with E-state index in [1.165, 1.54) is 24.3 Å². The molecule has 3 aromatic rings. The molecule has 0 bridgehead atoms. The number of halogens is 2. The Morgan fingerprint density at radius 2 is 1.74 bits per heavy atom. The molecular weight excluding hydrogens is 306 g/mol. The second kappa shape index (κ2) is 6.08. The van der Waals surface area contributed by atoms with Crippen molar-refractivity contribution in [3.63, 3.8) is 0 Å². The zero-order valence-corrected chi connectivity index (χ0v) is 12.1. The third-order valence-electron chi connectivity index (χ3n) is 3.29. The van der Waals surface area contributed by atoms with Crippen LogP contribution in [0.4, 0.5) is 8.78 Å². The van der Waals surface area contributed by atoms with E-state index in [0.717, 1.165) is 5.39 Å². The van der Waals surface area contributed by atoms with E-state index in [4.69, 9.17) is 9.15 Å². The van der Waals surface area contributed by atoms with Crippen molar-refractivity contribution in [3.8, 4) is 11.5 Å². The van der Waals surface area contributed by atoms with Crippen molar-refractivity contribution in [3.05, 3.63) is 59.9 Å². The number of hydrogen-bond acceptors (Lipinski definition) is 4. The first kappa shape index (κ1) is 15.0. The van der Waals surface area contributed by atoms with Gasteiger partial charge >= 0.3 is 6.61 Å². The molecule has 3 rings (SSSR count). The molecule has 1 heterocycles. The van der Waals surface area contributed by atoms with Crippen molar-refractivity contribution in [2.75, 3.05) is 7.11 Å². The van der Waals surface area contributed by atoms with Crippen LogP contribution in [0.25, 0.3) is 11.0 Å². The molecule has 0 fully saturated rings. The first-order chi connectivity index (χ1) is 11.1. The van der Waals surface area contributed by atoms with Crippen LogP contribution in [-0.2, 0) is 0 Å². The Kier molecular flexibility index (Phi) is 3.97. The fourth-order valence-corrected chi connectivity index (χ4v) is 2.19. The number of furan rings is 1. The van der Waals surface area contributed by atoms with E-state index in [-0.39, 0.29) is 17.3 Å². The normalized spacial score (nSPS) is 11.0. The van der Waals surface area contributed by atoms with Crippen molar-refractivity contribution < 1.29 is 27.5 Å². The lowest BCUT2D eigenvalue weighted by molar-refractivity contribution is -0.0498. The maximum Gasteiger partial charge on any atom is 0.387 e. The first-order valence-electron chi connectivity index (χ1n) is 6.74. The Balaban J connectivity index is 1.87. The van der Waals surface area contributed by atoms with E-state index < -0.39 is 6.61 Å². The van der Waals surface area contributed by atoms with Gasteiger partial charge in [-0.2, -0.15) is 8.78 Å². The topological polar surface area (TPSA) is 48.7 Å². The van der Waals surface area contributed by atoms with Gasteiger partial charge in [0.15, 0.2) is 5.76 Å². The monoisotopic (exact) mass is 318 g/mol. The molecule has 1 aromatic heterocycles. The summed E-state index contributed by atoms with van der Waals surface area (Å²) in [5, 5.41) is 0.741. The average molecular weight is 318 g/mol. The Morgan fingerprint density at radius 1 is 1.04 bits per heavy atom. The Labute approximate surface area is 130 Å². The van der Waals surface area contributed by atoms with Crippen molar-refractivity contribution >= 4 is 16.8 Å². The molecule has 0 atom stereocenters. The number of ketones is 1. The van der Waals surface area contributed by atoms with Gasteiger partial charge in [0.25, 0.3) is 0 Å². The highest BCUT2D eigenvalue weighted by Crippen LogP contribution is 2.26. The van der Waals surface area contributed by atoms with Gasteiger partial charge in [0.1, 0.15) is 17.1 Å². The SMILES string of the molecule is COc1ccc2oc(C(=O)c3ccc(OC(F)F)cc3)cc2c1. The molecule has 0 radical (unpaired) electrons. The van der Waals surface area contributed by atoms with Crippen LogP contribution >= 0.6 is 0 Å². The number of methoxy groups -OCH3 is 1. The van der Waals surface area contributed by atoms with Crippen LogP contribution in [-0.4, -0.2) is 19.5 Å². The highest BCUT2D eigenvalue weighted by atomic mass is 19.3. The van der Waals surface area contributed by atoms with Gasteiger partial charge in [0.2, 0.25) is 5.78 Å². The number of benzene rings is 2. The molecule has 0 saturated heterocycles. The number of rotatable bonds is 5. The maximum atomic E-state index is 12.4. The summed E-state index contributed by atoms with van der Waals surface area (Å²) in [7, 11) is 1.55. The average Bonchev–Trinajstić information content (AvgIpc) is 2.97. The third-order valence-corrected chi connectivity index (χ3v) is 3.29. The minimum absolute atomic E-state index is 0.00843. The lowest BCUT2D eigenvalue weighted by Crippen LogP contribution is -2.03. The fourth-order valence-electron chi connectivity index (χ4n) is 2.19. The molecule has 0 aliphatic carbocycles. The summed E-state index contributed by atoms with van der Waals surface area (Å²) < 4.78 is 39.1. The summed E-state index contributed by atoms with van der Waals surface area (Å²) in [4.78, 5) is 12.4. The van der Waals surface area contributed by atoms with E-state index in [9.17, 15) is 13.6 Å². The van der Waals surface area contributed by atoms with Crippen LogP contribution in [0.1, 0.15) is 16.1 Å². The van der Waals surface area contributed by atoms with Crippen LogP contribution in [0.2, 0.25) is 0 Å². The molecule has 0 unspecified atom stereocenters. The third kappa shape index (κ3) is 3.15. The lowest BCUT2D eigenvalue weighted by Gasteiger charge is -2.04. The summed E-state index contributed by atoms with van der Waals surface area (Å²) in [5.41, 5.74) is 0.879. The molecule has 0 spiro atoms. The van der Waals surface area contributed by atoms with E-state index in [0.29, 0.717) is 16.9 Å². The smallest absolute Gasteiger partial charge is 0.387 e. The molecule has 23 heavy (non-hydrogen) atoms. The minimum Gasteiger partial charge on any atom is -0.497 e. The van der Waals surface area contributed by atoms with Crippen molar-refractivity contribution in [2.45, 2.75) is 6.61 Å². The largest absolute Gasteiger partial charge is 0.497 e. The van der Waals surface area contributed by atoms with Crippen LogP contribution in [0, 0.1) is 0 Å². The lowest BCUT2D eigenvalue weighted by atomic mass is 10.1. The van der Waals surface area contributed by atoms with Crippen LogP contribution < -0.4 is 9.47 Å². The van der Waals surface area contributed by atoms with Crippen molar-refractivity contribution in [1.29, 1.82) is 0 Å². The van der Waals surface area contributed by atoms with E-state index in [1.807, 2.05) is 0 Å². The summed E-state index contributed by atoms with van der Waals surface area (Å²) in [6.45, 7) is -2.90. The summed E-state index contributed by atoms with van der Waals surface area (Å²) in [5.74, 6) is 0.469. The molecule has 118 valence electrons. The van der Waals surface area contributed by atoms with Crippen LogP contribution in [0.3, 0.4) is 0 Å². The van der Waals surface area contributed by atoms with Crippen LogP contribution in [0.5, 0.6) is 11.5 Å². The molecule has 2 aromatic carbocycles. The van der Waals surface area contributed by atoms with Gasteiger partial charge in [-0.25, -0.2) is 0 Å². The van der Waals surface area contributed by atoms with Gasteiger partial charge in [0.05, 0.1) is 7.11 Å². The quantitative estimate of drug-likeness (QED) is 0.659. The zero-order chi connectivity index (χ0) is 16.4. The fraction of sp³-hybridized carbons (Fsp3) is 0.118. The molecule has 0 aliphatic rings. The molecule has 0 amide bonds. The maximum absolute atomic E-state index is 12.4. The summed E-state index contributed by atoms with van der Waals surface area (Å²) in [6, 6.07) is 12.3. The standard InChI is InChI=1S/C17H12F2O4/c1-21-13-6-7-14-11(8-13)9-15(23-14)16(20)10-2-4-12(5-3-10)22-17(18)19/h2-9,17H,1H3. The van der Waals surface area contributed by atoms with Gasteiger partial charge < -0.3 is 13.9 Å². The summed E-state index contributed by atoms with van der Waals surface area (Å²) in [6.07, 6.45) is 0. The van der Waals surface area contributed by atoms with Gasteiger partial charge in [-0.3, -0.25) is 4.79 Å². The Hall–Kier alpha value is -2.89. The highest BCUT2D eigenvalue weighted by Gasteiger charge is 2.15. The summed E-state index contributed by atoms with van der Waals surface area (Å²) >= 11 is 0. The second-order valence-electron chi connectivity index (χ2n) is 4.75. The first-order valence-corrected chi connectivity index (χ1v) is 6.74. The predicted molar refractivity (Wildman–Crippen MR) is 79.3 cm³/mol. The predicted octanol–water partition coefficient (Wildman–Crippen LogP) is 4.27. The highest BCUT2D eigenvalue weighted by molar-refractivity contribution is 6.09. The second-order valence-corrected chi connectivity index (χ2v) is 4.75. The van der Waals surface area contributed by atoms with Crippen molar-refractivity contribution in [1.82, 2.24) is 0 Å². The number of hydrogen-bond donors (Lipinski definition) is 0. The molecule has 0 N–H and O–H groups in total. The number of fused-ring (bicyclic) bond motifs is 1. The minimum atomic E-state index is -2.90. The number of alkyl halides is 2. The van der Waals surface area contributed by atoms with E-state index in [2.05, 4.69) is 4.74 Å². The van der Waals surface area contributed by atoms with Gasteiger partial charge in [0, 0.05) is 10.9 Å². The van der Waals surface area contributed by atoms with E-state index in [1.54, 1.807) is 31.4 Å². The number of carbonyl (C=O) groups excluding carboxylic acids is 1. The molecule has 4 nitrogen and oxygen atoms in total. The Morgan fingerprint density at radius 3 is 2.39 bits per heavy atom. The van der Waals surface area contributed by atoms with Gasteiger partial charge in [-0.1, -0.05) is 0 Å². The zero-order valence-electron chi connectivity index (χ0n) is 12.1. The Bertz CT molecular complexity index is 837. The van der Waals surface area contributed by atoms with Gasteiger partial charge in [-0.05, 0) is 48.5 Å². The molecular formula is C17H12F2O4. The van der Waals surface area contributed by atoms with E-state index >= 15 is 0 Å². The number of ether oxygens (including phenoxy) is 2. The van der Waals surface area contributed by atoms with Crippen LogP contribution in [0.15, 0.2) is 52.9 Å². The van der Waals surface area contributed by atoms with Gasteiger partial charge in [-0.15, -0.1) is 0 Å². The molecule has 0 saturated carbocycles. The number of carbonyl (C=O) groups is 1. The molecule has 6 heteroatoms. The molecule has 0 aliphatic heterocycles. The van der Waals surface area contributed by atoms with Crippen molar-refractivity contribution in [2.24, 2.45) is 0 Å².